The predicted molar refractivity (Wildman–Crippen MR) is 90.1 cm³/mol. The number of ether oxygens (including phenoxy) is 1. The van der Waals surface area contributed by atoms with Crippen LogP contribution in [0.15, 0.2) is 22.6 Å². The number of hydrogen-bond acceptors (Lipinski definition) is 7. The van der Waals surface area contributed by atoms with Gasteiger partial charge in [-0.1, -0.05) is 0 Å². The van der Waals surface area contributed by atoms with Gasteiger partial charge in [0.25, 0.3) is 5.56 Å². The highest BCUT2D eigenvalue weighted by Gasteiger charge is 2.24. The van der Waals surface area contributed by atoms with Crippen molar-refractivity contribution in [3.63, 3.8) is 0 Å². The van der Waals surface area contributed by atoms with E-state index in [0.717, 1.165) is 31.0 Å². The predicted octanol–water partition coefficient (Wildman–Crippen LogP) is 0.958. The highest BCUT2D eigenvalue weighted by molar-refractivity contribution is 7.17. The maximum atomic E-state index is 12.4. The van der Waals surface area contributed by atoms with Crippen molar-refractivity contribution in [3.05, 3.63) is 39.8 Å². The van der Waals surface area contributed by atoms with Crippen LogP contribution >= 0.6 is 11.3 Å². The molecule has 0 spiro atoms. The molecule has 0 bridgehead atoms. The molecule has 24 heavy (non-hydrogen) atoms. The molecule has 4 heterocycles. The Morgan fingerprint density at radius 2 is 2.38 bits per heavy atom. The van der Waals surface area contributed by atoms with Gasteiger partial charge in [-0.3, -0.25) is 19.4 Å². The SMILES string of the molecule is Cc1nc([C@H]2CN(CCn3cnc4ccsc4c3=O)CCO2)n[nH]1. The van der Waals surface area contributed by atoms with Crippen molar-refractivity contribution >= 4 is 21.6 Å². The Hall–Kier alpha value is -2.10. The molecule has 3 aromatic heterocycles. The minimum absolute atomic E-state index is 0.0319. The maximum absolute atomic E-state index is 12.4. The topological polar surface area (TPSA) is 88.9 Å². The van der Waals surface area contributed by atoms with Gasteiger partial charge in [-0.15, -0.1) is 11.3 Å². The minimum Gasteiger partial charge on any atom is -0.367 e. The molecule has 0 aliphatic carbocycles. The van der Waals surface area contributed by atoms with Gasteiger partial charge in [0.1, 0.15) is 16.6 Å². The zero-order chi connectivity index (χ0) is 16.5. The van der Waals surface area contributed by atoms with Gasteiger partial charge in [0.15, 0.2) is 5.82 Å². The fraction of sp³-hybridized carbons (Fsp3) is 0.467. The Bertz CT molecular complexity index is 901. The summed E-state index contributed by atoms with van der Waals surface area (Å²) in [6, 6.07) is 1.87. The van der Waals surface area contributed by atoms with Crippen LogP contribution in [0.2, 0.25) is 0 Å². The molecule has 126 valence electrons. The highest BCUT2D eigenvalue weighted by Crippen LogP contribution is 2.19. The lowest BCUT2D eigenvalue weighted by molar-refractivity contribution is -0.0351. The number of aromatic nitrogens is 5. The molecule has 9 heteroatoms. The summed E-state index contributed by atoms with van der Waals surface area (Å²) in [4.78, 5) is 23.4. The van der Waals surface area contributed by atoms with Gasteiger partial charge in [0.2, 0.25) is 0 Å². The summed E-state index contributed by atoms with van der Waals surface area (Å²) < 4.78 is 8.16. The van der Waals surface area contributed by atoms with Crippen LogP contribution in [0.4, 0.5) is 0 Å². The number of hydrogen-bond donors (Lipinski definition) is 1. The largest absolute Gasteiger partial charge is 0.367 e. The van der Waals surface area contributed by atoms with Gasteiger partial charge in [0, 0.05) is 26.2 Å². The monoisotopic (exact) mass is 346 g/mol. The number of thiophene rings is 1. The summed E-state index contributed by atoms with van der Waals surface area (Å²) in [6.45, 7) is 5.44. The lowest BCUT2D eigenvalue weighted by atomic mass is 10.2. The first-order valence-corrected chi connectivity index (χ1v) is 8.74. The van der Waals surface area contributed by atoms with E-state index in [1.54, 1.807) is 10.9 Å². The number of H-pyrrole nitrogens is 1. The fourth-order valence-corrected chi connectivity index (χ4v) is 3.65. The summed E-state index contributed by atoms with van der Waals surface area (Å²) in [5, 5.41) is 8.93. The van der Waals surface area contributed by atoms with E-state index in [2.05, 4.69) is 25.1 Å². The Morgan fingerprint density at radius 3 is 3.21 bits per heavy atom. The number of aryl methyl sites for hydroxylation is 1. The minimum atomic E-state index is -0.127. The van der Waals surface area contributed by atoms with Gasteiger partial charge in [-0.25, -0.2) is 9.97 Å². The molecule has 0 aromatic carbocycles. The van der Waals surface area contributed by atoms with Gasteiger partial charge in [0.05, 0.1) is 18.5 Å². The third kappa shape index (κ3) is 2.97. The molecule has 0 radical (unpaired) electrons. The first-order valence-electron chi connectivity index (χ1n) is 7.86. The molecular formula is C15H18N6O2S. The number of morpholine rings is 1. The van der Waals surface area contributed by atoms with Crippen LogP contribution in [0, 0.1) is 6.92 Å². The van der Waals surface area contributed by atoms with Crippen LogP contribution in [0.25, 0.3) is 10.2 Å². The molecule has 1 saturated heterocycles. The average Bonchev–Trinajstić information content (AvgIpc) is 3.24. The molecule has 1 aliphatic rings. The van der Waals surface area contributed by atoms with Crippen LogP contribution < -0.4 is 5.56 Å². The molecule has 8 nitrogen and oxygen atoms in total. The van der Waals surface area contributed by atoms with E-state index < -0.39 is 0 Å². The van der Waals surface area contributed by atoms with Gasteiger partial charge >= 0.3 is 0 Å². The number of aromatic amines is 1. The number of fused-ring (bicyclic) bond motifs is 1. The number of nitrogens with zero attached hydrogens (tertiary/aromatic N) is 5. The van der Waals surface area contributed by atoms with Crippen molar-refractivity contribution in [3.8, 4) is 0 Å². The van der Waals surface area contributed by atoms with Crippen molar-refractivity contribution < 1.29 is 4.74 Å². The van der Waals surface area contributed by atoms with Crippen molar-refractivity contribution in [1.29, 1.82) is 0 Å². The molecule has 0 amide bonds. The van der Waals surface area contributed by atoms with Gasteiger partial charge in [-0.05, 0) is 18.4 Å². The van der Waals surface area contributed by atoms with Crippen LogP contribution in [-0.2, 0) is 11.3 Å². The lowest BCUT2D eigenvalue weighted by Crippen LogP contribution is -2.41. The van der Waals surface area contributed by atoms with Crippen LogP contribution in [0.5, 0.6) is 0 Å². The average molecular weight is 346 g/mol. The molecule has 0 unspecified atom stereocenters. The van der Waals surface area contributed by atoms with E-state index in [-0.39, 0.29) is 11.7 Å². The summed E-state index contributed by atoms with van der Waals surface area (Å²) in [7, 11) is 0. The zero-order valence-electron chi connectivity index (χ0n) is 13.3. The van der Waals surface area contributed by atoms with Crippen LogP contribution in [-0.4, -0.2) is 55.9 Å². The van der Waals surface area contributed by atoms with Crippen LogP contribution in [0.3, 0.4) is 0 Å². The Kier molecular flexibility index (Phi) is 4.13. The first-order chi connectivity index (χ1) is 11.7. The van der Waals surface area contributed by atoms with E-state index in [1.165, 1.54) is 11.3 Å². The first kappa shape index (κ1) is 15.4. The number of nitrogens with one attached hydrogen (secondary N) is 1. The number of rotatable bonds is 4. The smallest absolute Gasteiger partial charge is 0.271 e. The molecule has 1 aliphatic heterocycles. The second kappa shape index (κ2) is 6.42. The van der Waals surface area contributed by atoms with E-state index in [0.29, 0.717) is 23.7 Å². The van der Waals surface area contributed by atoms with Gasteiger partial charge in [-0.2, -0.15) is 5.10 Å². The van der Waals surface area contributed by atoms with Crippen molar-refractivity contribution in [2.75, 3.05) is 26.2 Å². The van der Waals surface area contributed by atoms with E-state index in [4.69, 9.17) is 4.74 Å². The summed E-state index contributed by atoms with van der Waals surface area (Å²) in [6.07, 6.45) is 1.51. The normalized spacial score (nSPS) is 19.1. The maximum Gasteiger partial charge on any atom is 0.271 e. The summed E-state index contributed by atoms with van der Waals surface area (Å²) in [5.41, 5.74) is 0.803. The molecule has 1 N–H and O–H groups in total. The molecule has 1 atom stereocenters. The van der Waals surface area contributed by atoms with Crippen LogP contribution in [0.1, 0.15) is 17.8 Å². The van der Waals surface area contributed by atoms with E-state index in [9.17, 15) is 4.79 Å². The third-order valence-corrected chi connectivity index (χ3v) is 5.04. The Balaban J connectivity index is 1.43. The zero-order valence-corrected chi connectivity index (χ0v) is 14.1. The fourth-order valence-electron chi connectivity index (χ4n) is 2.85. The summed E-state index contributed by atoms with van der Waals surface area (Å²) in [5.74, 6) is 1.48. The van der Waals surface area contributed by atoms with E-state index in [1.807, 2.05) is 18.4 Å². The molecule has 1 fully saturated rings. The molecule has 0 saturated carbocycles. The van der Waals surface area contributed by atoms with Crippen molar-refractivity contribution in [1.82, 2.24) is 29.6 Å². The van der Waals surface area contributed by atoms with Gasteiger partial charge < -0.3 is 4.74 Å². The quantitative estimate of drug-likeness (QED) is 0.757. The standard InChI is InChI=1S/C15H18N6O2S/c1-10-17-14(19-18-10)12-8-20(5-6-23-12)3-4-21-9-16-11-2-7-24-13(11)15(21)22/h2,7,9,12H,3-6,8H2,1H3,(H,17,18,19)/t12-/m1/s1. The van der Waals surface area contributed by atoms with Crippen molar-refractivity contribution in [2.45, 2.75) is 19.6 Å². The molecular weight excluding hydrogens is 328 g/mol. The molecule has 3 aromatic rings. The van der Waals surface area contributed by atoms with E-state index >= 15 is 0 Å². The van der Waals surface area contributed by atoms with Crippen molar-refractivity contribution in [2.24, 2.45) is 0 Å². The third-order valence-electron chi connectivity index (χ3n) is 4.15. The lowest BCUT2D eigenvalue weighted by Gasteiger charge is -2.31. The summed E-state index contributed by atoms with van der Waals surface area (Å²) >= 11 is 1.44. The second-order valence-electron chi connectivity index (χ2n) is 5.82. The molecule has 4 rings (SSSR count). The Labute approximate surface area is 142 Å². The highest BCUT2D eigenvalue weighted by atomic mass is 32.1. The second-order valence-corrected chi connectivity index (χ2v) is 6.73. The Morgan fingerprint density at radius 1 is 1.46 bits per heavy atom.